The Morgan fingerprint density at radius 3 is 2.52 bits per heavy atom. The van der Waals surface area contributed by atoms with E-state index in [9.17, 15) is 14.0 Å². The number of ether oxygens (including phenoxy) is 1. The van der Waals surface area contributed by atoms with E-state index >= 15 is 0 Å². The largest absolute Gasteiger partial charge is 0.496 e. The quantitative estimate of drug-likeness (QED) is 0.693. The molecule has 1 fully saturated rings. The molecule has 0 aromatic heterocycles. The van der Waals surface area contributed by atoms with Gasteiger partial charge in [-0.2, -0.15) is 0 Å². The van der Waals surface area contributed by atoms with Crippen LogP contribution in [0.3, 0.4) is 0 Å². The Bertz CT molecular complexity index is 925. The van der Waals surface area contributed by atoms with Crippen LogP contribution in [-0.2, 0) is 16.1 Å². The van der Waals surface area contributed by atoms with E-state index in [4.69, 9.17) is 4.74 Å². The van der Waals surface area contributed by atoms with Crippen molar-refractivity contribution in [2.75, 3.05) is 33.3 Å². The van der Waals surface area contributed by atoms with Gasteiger partial charge in [-0.1, -0.05) is 30.3 Å². The van der Waals surface area contributed by atoms with Crippen molar-refractivity contribution in [1.29, 1.82) is 0 Å². The lowest BCUT2D eigenvalue weighted by Crippen LogP contribution is -2.53. The van der Waals surface area contributed by atoms with Crippen molar-refractivity contribution in [2.24, 2.45) is 0 Å². The van der Waals surface area contributed by atoms with Crippen LogP contribution in [0.1, 0.15) is 18.1 Å². The Balaban J connectivity index is 1.47. The van der Waals surface area contributed by atoms with Crippen LogP contribution in [0.25, 0.3) is 6.08 Å². The van der Waals surface area contributed by atoms with Gasteiger partial charge in [-0.25, -0.2) is 4.39 Å². The number of carbonyl (C=O) groups is 2. The zero-order valence-corrected chi connectivity index (χ0v) is 17.9. The summed E-state index contributed by atoms with van der Waals surface area (Å²) >= 11 is 0. The van der Waals surface area contributed by atoms with Crippen LogP contribution in [0.2, 0.25) is 0 Å². The molecule has 2 aromatic rings. The van der Waals surface area contributed by atoms with Gasteiger partial charge in [-0.3, -0.25) is 14.5 Å². The second kappa shape index (κ2) is 10.7. The maximum absolute atomic E-state index is 13.6. The van der Waals surface area contributed by atoms with E-state index in [1.807, 2.05) is 30.3 Å². The van der Waals surface area contributed by atoms with Crippen LogP contribution >= 0.6 is 0 Å². The highest BCUT2D eigenvalue weighted by Crippen LogP contribution is 2.21. The minimum absolute atomic E-state index is 0.107. The first kappa shape index (κ1) is 22.5. The van der Waals surface area contributed by atoms with Crippen molar-refractivity contribution in [2.45, 2.75) is 19.5 Å². The average molecular weight is 426 g/mol. The molecule has 1 N–H and O–H groups in total. The number of hydrogen-bond donors (Lipinski definition) is 1. The summed E-state index contributed by atoms with van der Waals surface area (Å²) in [4.78, 5) is 28.8. The molecule has 0 unspecified atom stereocenters. The third kappa shape index (κ3) is 6.39. The van der Waals surface area contributed by atoms with Gasteiger partial charge in [0.05, 0.1) is 7.11 Å². The summed E-state index contributed by atoms with van der Waals surface area (Å²) in [5, 5.41) is 2.73. The SMILES string of the molecule is COc1ccc(F)cc1CN1CCN(C(=O)[C@H](C)NC(=O)/C=C/c2ccccc2)CC1. The van der Waals surface area contributed by atoms with Gasteiger partial charge in [0.2, 0.25) is 11.8 Å². The zero-order chi connectivity index (χ0) is 22.2. The molecule has 2 aromatic carbocycles. The summed E-state index contributed by atoms with van der Waals surface area (Å²) in [7, 11) is 1.57. The molecule has 7 heteroatoms. The minimum Gasteiger partial charge on any atom is -0.496 e. The Morgan fingerprint density at radius 1 is 1.13 bits per heavy atom. The third-order valence-electron chi connectivity index (χ3n) is 5.28. The van der Waals surface area contributed by atoms with E-state index in [0.717, 1.165) is 11.1 Å². The molecule has 0 spiro atoms. The summed E-state index contributed by atoms with van der Waals surface area (Å²) in [5.74, 6) is -0.0544. The molecule has 3 rings (SSSR count). The number of rotatable bonds is 7. The Morgan fingerprint density at radius 2 is 1.84 bits per heavy atom. The first-order valence-electron chi connectivity index (χ1n) is 10.3. The van der Waals surface area contributed by atoms with Crippen LogP contribution in [0, 0.1) is 5.82 Å². The van der Waals surface area contributed by atoms with Gasteiger partial charge < -0.3 is 15.0 Å². The van der Waals surface area contributed by atoms with Gasteiger partial charge in [0.15, 0.2) is 0 Å². The number of amides is 2. The van der Waals surface area contributed by atoms with Crippen molar-refractivity contribution < 1.29 is 18.7 Å². The molecule has 0 bridgehead atoms. The molecule has 1 aliphatic rings. The van der Waals surface area contributed by atoms with E-state index < -0.39 is 6.04 Å². The van der Waals surface area contributed by atoms with Crippen LogP contribution in [0.4, 0.5) is 4.39 Å². The number of carbonyl (C=O) groups excluding carboxylic acids is 2. The molecule has 1 aliphatic heterocycles. The van der Waals surface area contributed by atoms with Crippen LogP contribution in [0.15, 0.2) is 54.6 Å². The van der Waals surface area contributed by atoms with E-state index in [1.165, 1.54) is 18.2 Å². The molecule has 1 saturated heterocycles. The number of halogens is 1. The average Bonchev–Trinajstić information content (AvgIpc) is 2.78. The van der Waals surface area contributed by atoms with Gasteiger partial charge in [-0.15, -0.1) is 0 Å². The number of hydrogen-bond acceptors (Lipinski definition) is 4. The maximum Gasteiger partial charge on any atom is 0.244 e. The monoisotopic (exact) mass is 425 g/mol. The number of nitrogens with one attached hydrogen (secondary N) is 1. The predicted octanol–water partition coefficient (Wildman–Crippen LogP) is 2.70. The molecule has 31 heavy (non-hydrogen) atoms. The minimum atomic E-state index is -0.609. The van der Waals surface area contributed by atoms with Crippen LogP contribution in [0.5, 0.6) is 5.75 Å². The smallest absolute Gasteiger partial charge is 0.244 e. The van der Waals surface area contributed by atoms with E-state index in [0.29, 0.717) is 38.5 Å². The Hall–Kier alpha value is -3.19. The molecular weight excluding hydrogens is 397 g/mol. The van der Waals surface area contributed by atoms with Crippen molar-refractivity contribution in [3.05, 3.63) is 71.6 Å². The van der Waals surface area contributed by atoms with Crippen molar-refractivity contribution in [3.63, 3.8) is 0 Å². The molecule has 2 amide bonds. The number of nitrogens with zero attached hydrogens (tertiary/aromatic N) is 2. The molecule has 0 aliphatic carbocycles. The Labute approximate surface area is 182 Å². The van der Waals surface area contributed by atoms with Gasteiger partial charge >= 0.3 is 0 Å². The maximum atomic E-state index is 13.6. The molecule has 6 nitrogen and oxygen atoms in total. The summed E-state index contributed by atoms with van der Waals surface area (Å²) < 4.78 is 18.9. The summed E-state index contributed by atoms with van der Waals surface area (Å²) in [6.45, 7) is 4.69. The second-order valence-corrected chi connectivity index (χ2v) is 7.53. The standard InChI is InChI=1S/C24H28FN3O3/c1-18(26-23(29)11-8-19-6-4-3-5-7-19)24(30)28-14-12-27(13-15-28)17-20-16-21(25)9-10-22(20)31-2/h3-11,16,18H,12-15,17H2,1-2H3,(H,26,29)/b11-8+/t18-/m0/s1. The molecule has 1 atom stereocenters. The van der Waals surface area contributed by atoms with E-state index in [2.05, 4.69) is 10.2 Å². The number of methoxy groups -OCH3 is 1. The zero-order valence-electron chi connectivity index (χ0n) is 17.9. The highest BCUT2D eigenvalue weighted by molar-refractivity contribution is 5.95. The van der Waals surface area contributed by atoms with Crippen molar-refractivity contribution >= 4 is 17.9 Å². The van der Waals surface area contributed by atoms with Crippen molar-refractivity contribution in [1.82, 2.24) is 15.1 Å². The van der Waals surface area contributed by atoms with Crippen LogP contribution in [-0.4, -0.2) is 60.9 Å². The van der Waals surface area contributed by atoms with E-state index in [-0.39, 0.29) is 17.6 Å². The molecule has 0 radical (unpaired) electrons. The second-order valence-electron chi connectivity index (χ2n) is 7.53. The summed E-state index contributed by atoms with van der Waals surface area (Å²) in [6, 6.07) is 13.4. The summed E-state index contributed by atoms with van der Waals surface area (Å²) in [5.41, 5.74) is 1.70. The van der Waals surface area contributed by atoms with Gasteiger partial charge in [-0.05, 0) is 36.8 Å². The molecule has 0 saturated carbocycles. The lowest BCUT2D eigenvalue weighted by molar-refractivity contribution is -0.136. The lowest BCUT2D eigenvalue weighted by atomic mass is 10.1. The highest BCUT2D eigenvalue weighted by atomic mass is 19.1. The van der Waals surface area contributed by atoms with Gasteiger partial charge in [0, 0.05) is 44.4 Å². The highest BCUT2D eigenvalue weighted by Gasteiger charge is 2.26. The molecule has 1 heterocycles. The van der Waals surface area contributed by atoms with Crippen LogP contribution < -0.4 is 10.1 Å². The Kier molecular flexibility index (Phi) is 7.78. The fourth-order valence-corrected chi connectivity index (χ4v) is 3.57. The lowest BCUT2D eigenvalue weighted by Gasteiger charge is -2.36. The predicted molar refractivity (Wildman–Crippen MR) is 118 cm³/mol. The van der Waals surface area contributed by atoms with E-state index in [1.54, 1.807) is 31.1 Å². The van der Waals surface area contributed by atoms with Gasteiger partial charge in [0.25, 0.3) is 0 Å². The topological polar surface area (TPSA) is 61.9 Å². The number of benzene rings is 2. The first-order valence-corrected chi connectivity index (χ1v) is 10.3. The fourth-order valence-electron chi connectivity index (χ4n) is 3.57. The normalized spacial score (nSPS) is 15.6. The molecular formula is C24H28FN3O3. The van der Waals surface area contributed by atoms with Gasteiger partial charge in [0.1, 0.15) is 17.6 Å². The fraction of sp³-hybridized carbons (Fsp3) is 0.333. The summed E-state index contributed by atoms with van der Waals surface area (Å²) in [6.07, 6.45) is 3.15. The third-order valence-corrected chi connectivity index (χ3v) is 5.28. The number of piperazine rings is 1. The molecule has 164 valence electrons. The van der Waals surface area contributed by atoms with Crippen molar-refractivity contribution in [3.8, 4) is 5.75 Å². The first-order chi connectivity index (χ1) is 15.0.